The zero-order valence-corrected chi connectivity index (χ0v) is 23.6. The van der Waals surface area contributed by atoms with Crippen molar-refractivity contribution in [3.63, 3.8) is 0 Å². The van der Waals surface area contributed by atoms with Crippen LogP contribution >= 0.6 is 7.82 Å². The summed E-state index contributed by atoms with van der Waals surface area (Å²) in [6.07, 6.45) is -8.48. The summed E-state index contributed by atoms with van der Waals surface area (Å²) < 4.78 is 106. The van der Waals surface area contributed by atoms with Crippen LogP contribution in [-0.2, 0) is 13.8 Å². The molecule has 0 bridgehead atoms. The Morgan fingerprint density at radius 1 is 1.05 bits per heavy atom. The van der Waals surface area contributed by atoms with E-state index in [1.54, 1.807) is 0 Å². The van der Waals surface area contributed by atoms with Crippen LogP contribution in [0.15, 0.2) is 59.7 Å². The molecule has 1 aliphatic rings. The molecule has 0 saturated carbocycles. The van der Waals surface area contributed by atoms with E-state index in [1.807, 2.05) is 0 Å². The lowest BCUT2D eigenvalue weighted by atomic mass is 9.95. The van der Waals surface area contributed by atoms with Crippen LogP contribution in [0.5, 0.6) is 23.0 Å². The number of hydrogen-bond donors (Lipinski definition) is 3. The van der Waals surface area contributed by atoms with Gasteiger partial charge in [-0.2, -0.15) is 13.8 Å². The molecule has 44 heavy (non-hydrogen) atoms. The average molecular weight is 645 g/mol. The fraction of sp³-hybridized carbons (Fsp3) is 0.320. The van der Waals surface area contributed by atoms with Crippen LogP contribution in [0.25, 0.3) is 11.2 Å². The molecule has 0 radical (unpaired) electrons. The van der Waals surface area contributed by atoms with Crippen molar-refractivity contribution in [2.24, 2.45) is 0 Å². The number of fused-ring (bicyclic) bond motifs is 1. The molecular weight excluding hydrogens is 621 g/mol. The molecule has 0 spiro atoms. The van der Waals surface area contributed by atoms with E-state index in [2.05, 4.69) is 15.0 Å². The van der Waals surface area contributed by atoms with E-state index in [9.17, 15) is 23.2 Å². The first-order valence-electron chi connectivity index (χ1n) is 12.5. The van der Waals surface area contributed by atoms with Crippen LogP contribution in [0, 0.1) is 0 Å². The highest BCUT2D eigenvalue weighted by Crippen LogP contribution is 2.56. The number of nitrogens with zero attached hydrogens (tertiary/aromatic N) is 3. The average Bonchev–Trinajstić information content (AvgIpc) is 3.49. The molecule has 3 heterocycles. The number of nitrogens with one attached hydrogen (secondary N) is 1. The van der Waals surface area contributed by atoms with Gasteiger partial charge in [-0.25, -0.2) is 18.3 Å². The molecule has 1 aliphatic heterocycles. The van der Waals surface area contributed by atoms with Crippen molar-refractivity contribution in [3.8, 4) is 23.0 Å². The number of aromatic nitrogens is 4. The zero-order chi connectivity index (χ0) is 31.9. The van der Waals surface area contributed by atoms with Gasteiger partial charge in [0.2, 0.25) is 11.5 Å². The Morgan fingerprint density at radius 3 is 2.07 bits per heavy atom. The summed E-state index contributed by atoms with van der Waals surface area (Å²) >= 11 is 0. The number of phosphoric ester groups is 1. The van der Waals surface area contributed by atoms with Crippen molar-refractivity contribution in [2.75, 3.05) is 26.6 Å². The van der Waals surface area contributed by atoms with Gasteiger partial charge in [-0.1, -0.05) is 0 Å². The normalized spacial score (nSPS) is 21.5. The molecule has 2 aromatic carbocycles. The summed E-state index contributed by atoms with van der Waals surface area (Å²) in [5.41, 5.74) is -0.0813. The number of H-pyrrole nitrogens is 1. The van der Waals surface area contributed by atoms with Gasteiger partial charge >= 0.3 is 13.7 Å². The van der Waals surface area contributed by atoms with Gasteiger partial charge in [0.05, 0.1) is 20.5 Å². The fourth-order valence-electron chi connectivity index (χ4n) is 4.29. The Labute approximate surface area is 244 Å². The molecule has 4 N–H and O–H groups in total. The number of anilines is 1. The summed E-state index contributed by atoms with van der Waals surface area (Å²) in [6.45, 7) is -1.81. The van der Waals surface area contributed by atoms with Crippen LogP contribution in [0.1, 0.15) is 6.23 Å². The minimum atomic E-state index is -5.06. The first-order valence-corrected chi connectivity index (χ1v) is 13.9. The molecule has 1 saturated heterocycles. The molecule has 0 aliphatic carbocycles. The molecule has 3 atom stereocenters. The molecule has 5 rings (SSSR count). The van der Waals surface area contributed by atoms with Crippen LogP contribution in [0.2, 0.25) is 0 Å². The number of nitrogens with two attached hydrogens (primary N) is 1. The van der Waals surface area contributed by atoms with Gasteiger partial charge in [0, 0.05) is 0 Å². The molecule has 1 fully saturated rings. The van der Waals surface area contributed by atoms with Gasteiger partial charge < -0.3 is 34.1 Å². The third-order valence-electron chi connectivity index (χ3n) is 6.60. The van der Waals surface area contributed by atoms with Gasteiger partial charge in [0.25, 0.3) is 12.0 Å². The van der Waals surface area contributed by atoms with E-state index in [0.717, 1.165) is 6.33 Å². The van der Waals surface area contributed by atoms with Crippen molar-refractivity contribution in [1.82, 2.24) is 19.5 Å². The van der Waals surface area contributed by atoms with Crippen molar-refractivity contribution >= 4 is 24.9 Å². The predicted octanol–water partition coefficient (Wildman–Crippen LogP) is 3.53. The second-order valence-corrected chi connectivity index (χ2v) is 10.8. The number of halogens is 4. The number of hydrogen-bond acceptors (Lipinski definition) is 12. The number of aromatic amines is 1. The number of imidazole rings is 1. The Hall–Kier alpha value is -4.38. The third kappa shape index (κ3) is 5.52. The smallest absolute Gasteiger partial charge is 0.497 e. The highest BCUT2D eigenvalue weighted by Gasteiger charge is 2.74. The van der Waals surface area contributed by atoms with Crippen molar-refractivity contribution in [3.05, 3.63) is 65.2 Å². The SMILES string of the molecule is COc1ccc(OP(=O)(OCC2(C(F)F)OC(n3cnc4c(=O)[nH]c(N)nc43)C(O)C2(F)F)Oc2ccc(OC)cc2)cc1. The summed E-state index contributed by atoms with van der Waals surface area (Å²) in [5.74, 6) is -4.76. The number of methoxy groups -OCH3 is 2. The fourth-order valence-corrected chi connectivity index (χ4v) is 5.55. The number of alkyl halides is 4. The number of ether oxygens (including phenoxy) is 3. The molecule has 3 unspecified atom stereocenters. The highest BCUT2D eigenvalue weighted by atomic mass is 31.2. The molecule has 2 aromatic heterocycles. The maximum absolute atomic E-state index is 15.6. The van der Waals surface area contributed by atoms with Gasteiger partial charge in [0.1, 0.15) is 29.6 Å². The zero-order valence-electron chi connectivity index (χ0n) is 22.7. The molecule has 4 aromatic rings. The predicted molar refractivity (Wildman–Crippen MR) is 143 cm³/mol. The summed E-state index contributed by atoms with van der Waals surface area (Å²) in [6, 6.07) is 10.7. The van der Waals surface area contributed by atoms with E-state index >= 15 is 8.78 Å². The number of aliphatic hydroxyl groups is 1. The Morgan fingerprint density at radius 2 is 1.57 bits per heavy atom. The number of aliphatic hydroxyl groups excluding tert-OH is 1. The number of nitrogen functional groups attached to an aromatic ring is 1. The van der Waals surface area contributed by atoms with E-state index in [0.29, 0.717) is 16.1 Å². The Kier molecular flexibility index (Phi) is 8.19. The van der Waals surface area contributed by atoms with E-state index < -0.39 is 67.4 Å². The topological polar surface area (TPSA) is 182 Å². The quantitative estimate of drug-likeness (QED) is 0.160. The maximum atomic E-state index is 15.6. The first-order chi connectivity index (χ1) is 20.8. The van der Waals surface area contributed by atoms with E-state index in [1.165, 1.54) is 62.8 Å². The second-order valence-electron chi connectivity index (χ2n) is 9.30. The summed E-state index contributed by atoms with van der Waals surface area (Å²) in [4.78, 5) is 21.8. The Bertz CT molecular complexity index is 1690. The number of benzene rings is 2. The second kappa shape index (κ2) is 11.6. The van der Waals surface area contributed by atoms with Crippen LogP contribution < -0.4 is 29.8 Å². The monoisotopic (exact) mass is 645 g/mol. The molecule has 14 nitrogen and oxygen atoms in total. The van der Waals surface area contributed by atoms with Gasteiger partial charge in [0.15, 0.2) is 23.5 Å². The van der Waals surface area contributed by atoms with E-state index in [-0.39, 0.29) is 11.5 Å². The van der Waals surface area contributed by atoms with Gasteiger partial charge in [-0.05, 0) is 48.5 Å². The van der Waals surface area contributed by atoms with Crippen molar-refractivity contribution in [1.29, 1.82) is 0 Å². The maximum Gasteiger partial charge on any atom is 0.587 e. The molecular formula is C25H24F4N5O9P. The Balaban J connectivity index is 1.49. The molecule has 0 amide bonds. The highest BCUT2D eigenvalue weighted by molar-refractivity contribution is 7.49. The summed E-state index contributed by atoms with van der Waals surface area (Å²) in [5, 5.41) is 10.6. The standard InChI is InChI=1S/C25H24F4N5O9P/c1-38-13-3-7-15(8-4-13)42-44(37,43-16-9-5-14(39-2)6-10-16)40-11-24(22(26)27)25(28,29)18(35)21(41-24)34-12-31-17-19(34)32-23(30)33-20(17)36/h3-10,12,18,21-22,35H,11H2,1-2H3,(H3,30,32,33,36). The van der Waals surface area contributed by atoms with Crippen LogP contribution in [0.3, 0.4) is 0 Å². The lowest BCUT2D eigenvalue weighted by Gasteiger charge is -2.33. The summed E-state index contributed by atoms with van der Waals surface area (Å²) in [7, 11) is -2.28. The molecule has 236 valence electrons. The van der Waals surface area contributed by atoms with Crippen LogP contribution in [-0.4, -0.2) is 69.5 Å². The number of phosphoric acid groups is 1. The minimum absolute atomic E-state index is 0.162. The van der Waals surface area contributed by atoms with E-state index in [4.69, 9.17) is 33.5 Å². The third-order valence-corrected chi connectivity index (χ3v) is 7.92. The van der Waals surface area contributed by atoms with Crippen molar-refractivity contribution in [2.45, 2.75) is 30.3 Å². The van der Waals surface area contributed by atoms with Crippen LogP contribution in [0.4, 0.5) is 23.5 Å². The van der Waals surface area contributed by atoms with Gasteiger partial charge in [-0.3, -0.25) is 18.9 Å². The van der Waals surface area contributed by atoms with Crippen molar-refractivity contribution < 1.29 is 55.0 Å². The molecule has 19 heteroatoms. The first kappa shape index (κ1) is 31.1. The number of rotatable bonds is 11. The largest absolute Gasteiger partial charge is 0.587 e. The minimum Gasteiger partial charge on any atom is -0.497 e. The van der Waals surface area contributed by atoms with Gasteiger partial charge in [-0.15, -0.1) is 0 Å². The lowest BCUT2D eigenvalue weighted by Crippen LogP contribution is -2.57. The lowest BCUT2D eigenvalue weighted by molar-refractivity contribution is -0.242.